The first-order valence-electron chi connectivity index (χ1n) is 3.38. The molecular weight excluding hydrogens is 156 g/mol. The fraction of sp³-hybridized carbons (Fsp3) is 0.125. The van der Waals surface area contributed by atoms with E-state index in [2.05, 4.69) is 18.0 Å². The maximum absolute atomic E-state index is 5.67. The van der Waals surface area contributed by atoms with Crippen LogP contribution in [-0.4, -0.2) is 4.98 Å². The molecule has 11 heavy (non-hydrogen) atoms. The van der Waals surface area contributed by atoms with Gasteiger partial charge in [0.25, 0.3) is 0 Å². The van der Waals surface area contributed by atoms with E-state index in [1.807, 2.05) is 6.07 Å². The summed E-state index contributed by atoms with van der Waals surface area (Å²) in [6.45, 7) is 2.07. The molecule has 0 saturated heterocycles. The van der Waals surface area contributed by atoms with Crippen LogP contribution < -0.4 is 5.73 Å². The fourth-order valence-corrected chi connectivity index (χ4v) is 2.02. The van der Waals surface area contributed by atoms with Crippen molar-refractivity contribution in [1.29, 1.82) is 0 Å². The quantitative estimate of drug-likeness (QED) is 0.648. The van der Waals surface area contributed by atoms with E-state index in [1.165, 1.54) is 10.3 Å². The molecule has 0 radical (unpaired) electrons. The Kier molecular flexibility index (Phi) is 1.32. The van der Waals surface area contributed by atoms with Crippen LogP contribution in [0.4, 0.5) is 5.82 Å². The number of nitrogens with two attached hydrogens (primary N) is 1. The van der Waals surface area contributed by atoms with Crippen molar-refractivity contribution in [2.75, 3.05) is 5.73 Å². The number of nitrogens with zero attached hydrogens (tertiary/aromatic N) is 1. The Labute approximate surface area is 68.7 Å². The lowest BCUT2D eigenvalue weighted by molar-refractivity contribution is 1.38. The van der Waals surface area contributed by atoms with E-state index in [4.69, 9.17) is 5.73 Å². The number of aryl methyl sites for hydroxylation is 1. The zero-order chi connectivity index (χ0) is 7.84. The summed E-state index contributed by atoms with van der Waals surface area (Å²) in [7, 11) is 0. The van der Waals surface area contributed by atoms with Gasteiger partial charge in [-0.25, -0.2) is 4.98 Å². The lowest BCUT2D eigenvalue weighted by atomic mass is 10.3. The van der Waals surface area contributed by atoms with Gasteiger partial charge in [0.05, 0.1) is 4.70 Å². The van der Waals surface area contributed by atoms with Crippen molar-refractivity contribution in [3.63, 3.8) is 0 Å². The molecule has 2 rings (SSSR count). The van der Waals surface area contributed by atoms with Crippen molar-refractivity contribution in [2.45, 2.75) is 6.92 Å². The molecular formula is C8H8N2S. The van der Waals surface area contributed by atoms with E-state index in [-0.39, 0.29) is 0 Å². The van der Waals surface area contributed by atoms with Crippen LogP contribution in [-0.2, 0) is 0 Å². The highest BCUT2D eigenvalue weighted by atomic mass is 32.1. The van der Waals surface area contributed by atoms with Crippen LogP contribution >= 0.6 is 11.3 Å². The van der Waals surface area contributed by atoms with E-state index in [0.717, 1.165) is 4.70 Å². The third-order valence-electron chi connectivity index (χ3n) is 1.58. The minimum atomic E-state index is 0.639. The number of hydrogen-bond acceptors (Lipinski definition) is 3. The van der Waals surface area contributed by atoms with Crippen LogP contribution in [0.25, 0.3) is 10.1 Å². The highest BCUT2D eigenvalue weighted by Crippen LogP contribution is 2.27. The van der Waals surface area contributed by atoms with Crippen molar-refractivity contribution < 1.29 is 0 Å². The molecule has 2 heterocycles. The number of hydrogen-bond donors (Lipinski definition) is 1. The number of anilines is 1. The van der Waals surface area contributed by atoms with Gasteiger partial charge >= 0.3 is 0 Å². The number of fused-ring (bicyclic) bond motifs is 1. The number of pyridine rings is 1. The maximum Gasteiger partial charge on any atom is 0.141 e. The fourth-order valence-electron chi connectivity index (χ4n) is 1.11. The van der Waals surface area contributed by atoms with Crippen molar-refractivity contribution in [1.82, 2.24) is 4.98 Å². The lowest BCUT2D eigenvalue weighted by Crippen LogP contribution is -1.86. The molecule has 0 bridgehead atoms. The van der Waals surface area contributed by atoms with Crippen LogP contribution in [0.15, 0.2) is 18.3 Å². The zero-order valence-electron chi connectivity index (χ0n) is 6.16. The van der Waals surface area contributed by atoms with Crippen molar-refractivity contribution in [3.8, 4) is 0 Å². The summed E-state index contributed by atoms with van der Waals surface area (Å²) in [6.07, 6.45) is 1.74. The predicted octanol–water partition coefficient (Wildman–Crippen LogP) is 2.19. The van der Waals surface area contributed by atoms with Crippen LogP contribution in [0.2, 0.25) is 0 Å². The molecule has 0 aliphatic rings. The number of thiophene rings is 1. The summed E-state index contributed by atoms with van der Waals surface area (Å²) in [4.78, 5) is 5.29. The third kappa shape index (κ3) is 0.973. The first-order chi connectivity index (χ1) is 5.27. The van der Waals surface area contributed by atoms with E-state index in [9.17, 15) is 0 Å². The van der Waals surface area contributed by atoms with Gasteiger partial charge in [0.1, 0.15) is 5.82 Å². The van der Waals surface area contributed by atoms with Crippen molar-refractivity contribution in [3.05, 3.63) is 23.2 Å². The summed E-state index contributed by atoms with van der Waals surface area (Å²) in [5.41, 5.74) is 5.67. The molecule has 0 atom stereocenters. The van der Waals surface area contributed by atoms with Gasteiger partial charge in [-0.05, 0) is 24.4 Å². The largest absolute Gasteiger partial charge is 0.383 e. The first kappa shape index (κ1) is 6.61. The smallest absolute Gasteiger partial charge is 0.141 e. The van der Waals surface area contributed by atoms with E-state index in [1.54, 1.807) is 17.5 Å². The maximum atomic E-state index is 5.67. The van der Waals surface area contributed by atoms with Gasteiger partial charge in [0.2, 0.25) is 0 Å². The van der Waals surface area contributed by atoms with E-state index < -0.39 is 0 Å². The van der Waals surface area contributed by atoms with Crippen LogP contribution in [0, 0.1) is 6.92 Å². The van der Waals surface area contributed by atoms with Crippen molar-refractivity contribution in [2.24, 2.45) is 0 Å². The average molecular weight is 164 g/mol. The summed E-state index contributed by atoms with van der Waals surface area (Å²) in [5.74, 6) is 0.639. The molecule has 3 heteroatoms. The Bertz CT molecular complexity index is 392. The van der Waals surface area contributed by atoms with Gasteiger partial charge in [-0.3, -0.25) is 0 Å². The molecule has 0 aromatic carbocycles. The Balaban J connectivity index is 2.90. The number of rotatable bonds is 0. The number of aromatic nitrogens is 1. The molecule has 0 unspecified atom stereocenters. The van der Waals surface area contributed by atoms with Gasteiger partial charge in [-0.2, -0.15) is 0 Å². The second-order valence-electron chi connectivity index (χ2n) is 2.47. The molecule has 0 amide bonds. The normalized spacial score (nSPS) is 10.6. The summed E-state index contributed by atoms with van der Waals surface area (Å²) in [6, 6.07) is 4.10. The lowest BCUT2D eigenvalue weighted by Gasteiger charge is -1.90. The van der Waals surface area contributed by atoms with E-state index >= 15 is 0 Å². The summed E-state index contributed by atoms with van der Waals surface area (Å²) in [5, 5.41) is 1.19. The molecule has 0 fully saturated rings. The van der Waals surface area contributed by atoms with Crippen LogP contribution in [0.5, 0.6) is 0 Å². The molecule has 56 valence electrons. The molecule has 0 spiro atoms. The van der Waals surface area contributed by atoms with Gasteiger partial charge in [-0.15, -0.1) is 11.3 Å². The zero-order valence-corrected chi connectivity index (χ0v) is 6.98. The van der Waals surface area contributed by atoms with Gasteiger partial charge < -0.3 is 5.73 Å². The van der Waals surface area contributed by atoms with Crippen molar-refractivity contribution >= 4 is 27.2 Å². The topological polar surface area (TPSA) is 38.9 Å². The highest BCUT2D eigenvalue weighted by molar-refractivity contribution is 7.19. The standard InChI is InChI=1S/C8H8N2S/c1-5-4-6-2-3-10-8(9)7(6)11-5/h2-4H,1H3,(H2,9,10). The molecule has 0 aliphatic heterocycles. The van der Waals surface area contributed by atoms with Crippen LogP contribution in [0.1, 0.15) is 4.88 Å². The molecule has 2 nitrogen and oxygen atoms in total. The molecule has 0 aliphatic carbocycles. The second-order valence-corrected chi connectivity index (χ2v) is 3.73. The van der Waals surface area contributed by atoms with Gasteiger partial charge in [0, 0.05) is 11.1 Å². The Morgan fingerprint density at radius 1 is 1.55 bits per heavy atom. The molecule has 2 N–H and O–H groups in total. The Morgan fingerprint density at radius 2 is 2.36 bits per heavy atom. The monoisotopic (exact) mass is 164 g/mol. The van der Waals surface area contributed by atoms with Gasteiger partial charge in [0.15, 0.2) is 0 Å². The summed E-state index contributed by atoms with van der Waals surface area (Å²) < 4.78 is 1.10. The minimum absolute atomic E-state index is 0.639. The predicted molar refractivity (Wildman–Crippen MR) is 48.8 cm³/mol. The van der Waals surface area contributed by atoms with Crippen LogP contribution in [0.3, 0.4) is 0 Å². The molecule has 2 aromatic heterocycles. The average Bonchev–Trinajstić information content (AvgIpc) is 2.31. The Morgan fingerprint density at radius 3 is 3.09 bits per heavy atom. The third-order valence-corrected chi connectivity index (χ3v) is 2.67. The minimum Gasteiger partial charge on any atom is -0.383 e. The number of nitrogen functional groups attached to an aromatic ring is 1. The first-order valence-corrected chi connectivity index (χ1v) is 4.19. The molecule has 2 aromatic rings. The van der Waals surface area contributed by atoms with E-state index in [0.29, 0.717) is 5.82 Å². The molecule has 0 saturated carbocycles. The second kappa shape index (κ2) is 2.20. The Hall–Kier alpha value is -1.09. The SMILES string of the molecule is Cc1cc2ccnc(N)c2s1. The summed E-state index contributed by atoms with van der Waals surface area (Å²) >= 11 is 1.69. The highest BCUT2D eigenvalue weighted by Gasteiger charge is 2.00. The van der Waals surface area contributed by atoms with Gasteiger partial charge in [-0.1, -0.05) is 0 Å².